The van der Waals surface area contributed by atoms with Crippen molar-refractivity contribution in [2.24, 2.45) is 23.7 Å². The number of allylic oxidation sites excluding steroid dienone is 2. The van der Waals surface area contributed by atoms with Crippen molar-refractivity contribution in [2.45, 2.75) is 64.6 Å². The molecule has 3 heteroatoms. The lowest BCUT2D eigenvalue weighted by Crippen LogP contribution is -2.26. The largest absolute Gasteiger partial charge is 0.462 e. The highest BCUT2D eigenvalue weighted by Gasteiger charge is 2.49. The standard InChI is InChI=1S/C20H28O3/c1-12(7-10-17-20(2,3)23-17)14-9-8-13-5-4-6-15-16(18(13)14)11-22-19(15)21/h6-7,13-14,16-18H,4-5,8-11H2,1-3H3/b12-7+/t13-,14+,16-,17+,18+/m0/s1. The van der Waals surface area contributed by atoms with Gasteiger partial charge >= 0.3 is 5.97 Å². The van der Waals surface area contributed by atoms with Crippen LogP contribution in [0.5, 0.6) is 0 Å². The number of esters is 1. The summed E-state index contributed by atoms with van der Waals surface area (Å²) in [6.07, 6.45) is 10.8. The first-order valence-corrected chi connectivity index (χ1v) is 9.19. The Morgan fingerprint density at radius 2 is 2.13 bits per heavy atom. The second kappa shape index (κ2) is 5.47. The van der Waals surface area contributed by atoms with Crippen LogP contribution in [-0.2, 0) is 14.3 Å². The molecule has 3 nitrogen and oxygen atoms in total. The number of carbonyl (C=O) groups is 1. The minimum absolute atomic E-state index is 0.0592. The minimum Gasteiger partial charge on any atom is -0.462 e. The fraction of sp³-hybridized carbons (Fsp3) is 0.750. The zero-order valence-electron chi connectivity index (χ0n) is 14.5. The van der Waals surface area contributed by atoms with Gasteiger partial charge in [0.1, 0.15) is 0 Å². The van der Waals surface area contributed by atoms with Crippen LogP contribution in [0.2, 0.25) is 0 Å². The Balaban J connectivity index is 1.52. The molecule has 23 heavy (non-hydrogen) atoms. The molecule has 0 N–H and O–H groups in total. The molecule has 0 unspecified atom stereocenters. The summed E-state index contributed by atoms with van der Waals surface area (Å²) in [5.74, 6) is 2.24. The number of hydrogen-bond acceptors (Lipinski definition) is 3. The van der Waals surface area contributed by atoms with Crippen molar-refractivity contribution >= 4 is 5.97 Å². The molecule has 0 radical (unpaired) electrons. The summed E-state index contributed by atoms with van der Waals surface area (Å²) in [5.41, 5.74) is 2.55. The van der Waals surface area contributed by atoms with Gasteiger partial charge < -0.3 is 9.47 Å². The highest BCUT2D eigenvalue weighted by Crippen LogP contribution is 2.52. The summed E-state index contributed by atoms with van der Waals surface area (Å²) in [4.78, 5) is 12.0. The molecule has 2 aliphatic carbocycles. The maximum atomic E-state index is 12.0. The average molecular weight is 316 g/mol. The van der Waals surface area contributed by atoms with Crippen LogP contribution in [0.4, 0.5) is 0 Å². The van der Waals surface area contributed by atoms with Crippen molar-refractivity contribution in [1.29, 1.82) is 0 Å². The lowest BCUT2D eigenvalue weighted by atomic mass is 9.74. The van der Waals surface area contributed by atoms with E-state index < -0.39 is 0 Å². The molecule has 0 amide bonds. The molecule has 0 spiro atoms. The highest BCUT2D eigenvalue weighted by molar-refractivity contribution is 5.91. The van der Waals surface area contributed by atoms with Gasteiger partial charge in [-0.3, -0.25) is 0 Å². The van der Waals surface area contributed by atoms with Crippen molar-refractivity contribution in [1.82, 2.24) is 0 Å². The Morgan fingerprint density at radius 3 is 2.87 bits per heavy atom. The van der Waals surface area contributed by atoms with Gasteiger partial charge in [-0.1, -0.05) is 17.7 Å². The Kier molecular flexibility index (Phi) is 3.67. The van der Waals surface area contributed by atoms with Crippen LogP contribution in [-0.4, -0.2) is 24.3 Å². The monoisotopic (exact) mass is 316 g/mol. The zero-order valence-corrected chi connectivity index (χ0v) is 14.5. The Morgan fingerprint density at radius 1 is 1.35 bits per heavy atom. The molecule has 0 aromatic heterocycles. The third kappa shape index (κ3) is 2.67. The molecule has 0 bridgehead atoms. The number of epoxide rings is 1. The van der Waals surface area contributed by atoms with Crippen LogP contribution in [0.15, 0.2) is 23.3 Å². The van der Waals surface area contributed by atoms with Crippen molar-refractivity contribution in [3.63, 3.8) is 0 Å². The summed E-state index contributed by atoms with van der Waals surface area (Å²) >= 11 is 0. The van der Waals surface area contributed by atoms with E-state index in [-0.39, 0.29) is 11.6 Å². The van der Waals surface area contributed by atoms with E-state index in [1.165, 1.54) is 24.8 Å². The van der Waals surface area contributed by atoms with Crippen LogP contribution in [0.1, 0.15) is 52.9 Å². The maximum absolute atomic E-state index is 12.0. The van der Waals surface area contributed by atoms with Crippen molar-refractivity contribution in [3.8, 4) is 0 Å². The molecule has 3 fully saturated rings. The third-order valence-corrected chi connectivity index (χ3v) is 6.66. The molecule has 1 saturated carbocycles. The van der Waals surface area contributed by atoms with Crippen molar-refractivity contribution in [3.05, 3.63) is 23.3 Å². The second-order valence-corrected chi connectivity index (χ2v) is 8.36. The van der Waals surface area contributed by atoms with Gasteiger partial charge in [-0.25, -0.2) is 4.79 Å². The van der Waals surface area contributed by atoms with E-state index in [1.54, 1.807) is 0 Å². The molecule has 4 aliphatic rings. The maximum Gasteiger partial charge on any atom is 0.334 e. The van der Waals surface area contributed by atoms with Gasteiger partial charge in [-0.05, 0) is 70.6 Å². The van der Waals surface area contributed by atoms with E-state index >= 15 is 0 Å². The first-order valence-electron chi connectivity index (χ1n) is 9.19. The molecular weight excluding hydrogens is 288 g/mol. The molecule has 0 aromatic carbocycles. The van der Waals surface area contributed by atoms with Crippen LogP contribution in [0, 0.1) is 23.7 Å². The Bertz CT molecular complexity index is 571. The lowest BCUT2D eigenvalue weighted by molar-refractivity contribution is -0.135. The van der Waals surface area contributed by atoms with E-state index in [0.29, 0.717) is 30.5 Å². The fourth-order valence-electron chi connectivity index (χ4n) is 5.19. The van der Waals surface area contributed by atoms with Gasteiger partial charge in [0.15, 0.2) is 0 Å². The number of rotatable bonds is 3. The summed E-state index contributed by atoms with van der Waals surface area (Å²) in [6.45, 7) is 7.22. The predicted molar refractivity (Wildman–Crippen MR) is 88.8 cm³/mol. The summed E-state index contributed by atoms with van der Waals surface area (Å²) in [6, 6.07) is 0. The van der Waals surface area contributed by atoms with Gasteiger partial charge in [-0.2, -0.15) is 0 Å². The van der Waals surface area contributed by atoms with Crippen LogP contribution in [0.3, 0.4) is 0 Å². The SMILES string of the molecule is C/C(=C\C[C@H]1OC1(C)C)[C@H]1CC[C@@H]2CCC=C3C(=O)OC[C@@H]3[C@H]21. The molecule has 4 rings (SSSR count). The quantitative estimate of drug-likeness (QED) is 0.448. The molecule has 2 heterocycles. The smallest absolute Gasteiger partial charge is 0.334 e. The summed E-state index contributed by atoms with van der Waals surface area (Å²) < 4.78 is 11.1. The Labute approximate surface area is 139 Å². The minimum atomic E-state index is -0.0592. The van der Waals surface area contributed by atoms with Crippen molar-refractivity contribution < 1.29 is 14.3 Å². The van der Waals surface area contributed by atoms with Gasteiger partial charge in [0, 0.05) is 11.5 Å². The number of fused-ring (bicyclic) bond motifs is 3. The van der Waals surface area contributed by atoms with Crippen LogP contribution >= 0.6 is 0 Å². The second-order valence-electron chi connectivity index (χ2n) is 8.36. The summed E-state index contributed by atoms with van der Waals surface area (Å²) in [7, 11) is 0. The highest BCUT2D eigenvalue weighted by atomic mass is 16.6. The number of carbonyl (C=O) groups excluding carboxylic acids is 1. The molecule has 5 atom stereocenters. The first-order chi connectivity index (χ1) is 11.0. The molecule has 2 saturated heterocycles. The molecule has 0 aromatic rings. The van der Waals surface area contributed by atoms with E-state index in [1.807, 2.05) is 0 Å². The zero-order chi connectivity index (χ0) is 16.2. The lowest BCUT2D eigenvalue weighted by Gasteiger charge is -2.29. The van der Waals surface area contributed by atoms with E-state index in [4.69, 9.17) is 9.47 Å². The predicted octanol–water partition coefficient (Wildman–Crippen LogP) is 4.04. The van der Waals surface area contributed by atoms with Crippen LogP contribution in [0.25, 0.3) is 0 Å². The van der Waals surface area contributed by atoms with E-state index in [0.717, 1.165) is 24.3 Å². The topological polar surface area (TPSA) is 38.8 Å². The van der Waals surface area contributed by atoms with Gasteiger partial charge in [0.25, 0.3) is 0 Å². The number of cyclic esters (lactones) is 1. The fourth-order valence-corrected chi connectivity index (χ4v) is 5.19. The van der Waals surface area contributed by atoms with Gasteiger partial charge in [0.05, 0.1) is 18.3 Å². The normalized spacial score (nSPS) is 41.7. The van der Waals surface area contributed by atoms with E-state index in [2.05, 4.69) is 32.9 Å². The number of hydrogen-bond donors (Lipinski definition) is 0. The number of ether oxygens (including phenoxy) is 2. The van der Waals surface area contributed by atoms with Crippen molar-refractivity contribution in [2.75, 3.05) is 6.61 Å². The van der Waals surface area contributed by atoms with Gasteiger partial charge in [-0.15, -0.1) is 0 Å². The molecule has 2 aliphatic heterocycles. The molecular formula is C20H28O3. The van der Waals surface area contributed by atoms with Crippen LogP contribution < -0.4 is 0 Å². The molecule has 126 valence electrons. The van der Waals surface area contributed by atoms with E-state index in [9.17, 15) is 4.79 Å². The van der Waals surface area contributed by atoms with Gasteiger partial charge in [0.2, 0.25) is 0 Å². The third-order valence-electron chi connectivity index (χ3n) is 6.66. The average Bonchev–Trinajstić information content (AvgIpc) is 2.80. The summed E-state index contributed by atoms with van der Waals surface area (Å²) in [5, 5.41) is 0. The first kappa shape index (κ1) is 15.4. The Hall–Kier alpha value is -1.09.